The van der Waals surface area contributed by atoms with Gasteiger partial charge in [-0.3, -0.25) is 0 Å². The van der Waals surface area contributed by atoms with E-state index < -0.39 is 0 Å². The Morgan fingerprint density at radius 2 is 1.82 bits per heavy atom. The molecule has 0 radical (unpaired) electrons. The van der Waals surface area contributed by atoms with Crippen LogP contribution >= 0.6 is 0 Å². The van der Waals surface area contributed by atoms with Gasteiger partial charge in [-0.05, 0) is 54.5 Å². The lowest BCUT2D eigenvalue weighted by Crippen LogP contribution is -2.21. The fourth-order valence-electron chi connectivity index (χ4n) is 4.68. The van der Waals surface area contributed by atoms with Crippen LogP contribution in [0.3, 0.4) is 0 Å². The maximum Gasteiger partial charge on any atom is 0.155 e. The highest BCUT2D eigenvalue weighted by Gasteiger charge is 2.17. The molecule has 206 valence electrons. The van der Waals surface area contributed by atoms with Crippen LogP contribution in [-0.2, 0) is 5.41 Å². The molecule has 0 saturated heterocycles. The smallest absolute Gasteiger partial charge is 0.155 e. The number of rotatable bonds is 14. The number of hydrogen-bond donors (Lipinski definition) is 1. The number of nitrogens with one attached hydrogen (secondary N) is 1. The van der Waals surface area contributed by atoms with Crippen molar-refractivity contribution in [1.82, 2.24) is 19.9 Å². The number of aromatic nitrogens is 3. The number of hydrogen-bond acceptors (Lipinski definition) is 4. The number of unbranched alkanes of at least 4 members (excludes halogenated alkanes) is 2. The summed E-state index contributed by atoms with van der Waals surface area (Å²) in [6, 6.07) is 10.6. The predicted molar refractivity (Wildman–Crippen MR) is 161 cm³/mol. The highest BCUT2D eigenvalue weighted by atomic mass is 16.5. The number of allylic oxidation sites excluding steroid dienone is 1. The Morgan fingerprint density at radius 1 is 1.05 bits per heavy atom. The zero-order chi connectivity index (χ0) is 27.9. The van der Waals surface area contributed by atoms with Crippen LogP contribution in [0.15, 0.2) is 55.4 Å². The lowest BCUT2D eigenvalue weighted by Gasteiger charge is -2.22. The molecule has 2 atom stereocenters. The van der Waals surface area contributed by atoms with Crippen molar-refractivity contribution in [3.8, 4) is 5.75 Å². The van der Waals surface area contributed by atoms with Gasteiger partial charge < -0.3 is 10.1 Å². The molecule has 0 saturated carbocycles. The Labute approximate surface area is 230 Å². The Morgan fingerprint density at radius 3 is 2.50 bits per heavy atom. The van der Waals surface area contributed by atoms with Crippen LogP contribution in [0.4, 0.5) is 0 Å². The maximum atomic E-state index is 6.14. The van der Waals surface area contributed by atoms with Crippen molar-refractivity contribution in [2.75, 3.05) is 13.2 Å². The lowest BCUT2D eigenvalue weighted by atomic mass is 9.85. The molecule has 2 unspecified atom stereocenters. The second-order valence-corrected chi connectivity index (χ2v) is 11.9. The molecule has 2 heterocycles. The molecule has 0 fully saturated rings. The normalized spacial score (nSPS) is 13.3. The van der Waals surface area contributed by atoms with E-state index in [1.165, 1.54) is 36.9 Å². The van der Waals surface area contributed by atoms with Gasteiger partial charge in [-0.2, -0.15) is 5.10 Å². The number of nitrogens with zero attached hydrogens (tertiary/aromatic N) is 3. The second-order valence-electron chi connectivity index (χ2n) is 11.9. The molecule has 0 amide bonds. The largest absolute Gasteiger partial charge is 0.487 e. The molecular formula is C33H48N4O. The zero-order valence-corrected chi connectivity index (χ0v) is 24.7. The summed E-state index contributed by atoms with van der Waals surface area (Å²) in [6.45, 7) is 25.0. The van der Waals surface area contributed by atoms with Crippen molar-refractivity contribution in [2.24, 2.45) is 0 Å². The van der Waals surface area contributed by atoms with Crippen molar-refractivity contribution < 1.29 is 4.74 Å². The van der Waals surface area contributed by atoms with Crippen LogP contribution in [0.5, 0.6) is 5.75 Å². The van der Waals surface area contributed by atoms with E-state index in [4.69, 9.17) is 9.84 Å². The highest BCUT2D eigenvalue weighted by Crippen LogP contribution is 2.32. The minimum atomic E-state index is 0.0790. The summed E-state index contributed by atoms with van der Waals surface area (Å²) in [4.78, 5) is 4.57. The van der Waals surface area contributed by atoms with Gasteiger partial charge >= 0.3 is 0 Å². The average Bonchev–Trinajstić information content (AvgIpc) is 3.31. The van der Waals surface area contributed by atoms with E-state index in [9.17, 15) is 0 Å². The van der Waals surface area contributed by atoms with Crippen LogP contribution in [0.2, 0.25) is 0 Å². The minimum Gasteiger partial charge on any atom is -0.487 e. The third kappa shape index (κ3) is 7.72. The van der Waals surface area contributed by atoms with Crippen molar-refractivity contribution >= 4 is 11.2 Å². The molecular weight excluding hydrogens is 468 g/mol. The quantitative estimate of drug-likeness (QED) is 0.218. The Bertz CT molecular complexity index is 1230. The van der Waals surface area contributed by atoms with Gasteiger partial charge in [0.05, 0.1) is 5.69 Å². The summed E-state index contributed by atoms with van der Waals surface area (Å²) >= 11 is 0. The summed E-state index contributed by atoms with van der Waals surface area (Å²) in [5.41, 5.74) is 7.54. The molecule has 2 aromatic heterocycles. The van der Waals surface area contributed by atoms with Crippen molar-refractivity contribution in [1.29, 1.82) is 0 Å². The topological polar surface area (TPSA) is 51.5 Å². The molecule has 0 spiro atoms. The van der Waals surface area contributed by atoms with Gasteiger partial charge in [-0.25, -0.2) is 9.50 Å². The first-order chi connectivity index (χ1) is 18.0. The summed E-state index contributed by atoms with van der Waals surface area (Å²) in [5.74, 6) is 1.62. The van der Waals surface area contributed by atoms with Crippen molar-refractivity contribution in [3.63, 3.8) is 0 Å². The molecule has 1 aromatic carbocycles. The summed E-state index contributed by atoms with van der Waals surface area (Å²) < 4.78 is 8.18. The Hall–Kier alpha value is -3.08. The van der Waals surface area contributed by atoms with Gasteiger partial charge in [0, 0.05) is 47.6 Å². The predicted octanol–water partition coefficient (Wildman–Crippen LogP) is 8.42. The van der Waals surface area contributed by atoms with Crippen LogP contribution < -0.4 is 10.1 Å². The number of ether oxygens (including phenoxy) is 1. The van der Waals surface area contributed by atoms with Crippen LogP contribution in [0.25, 0.3) is 11.2 Å². The standard InChI is InChI=1S/C33H48N4O/c1-10-11-12-13-24(4)29-21-32-35-19-17-30(37(32)36-29)25(5)16-18-34-26(6)22-38-31-15-14-27(33(7,8)9)20-28(31)23(2)3/h14-15,17,19-21,24-25,34H,2,6,10-13,16,18,22H2,1,3-5,7-9H3. The fraction of sp³-hybridized carbons (Fsp3) is 0.515. The number of benzene rings is 1. The molecule has 3 aromatic rings. The van der Waals surface area contributed by atoms with E-state index in [1.807, 2.05) is 17.6 Å². The van der Waals surface area contributed by atoms with Gasteiger partial charge in [0.1, 0.15) is 12.4 Å². The summed E-state index contributed by atoms with van der Waals surface area (Å²) in [5, 5.41) is 8.40. The van der Waals surface area contributed by atoms with E-state index in [2.05, 4.69) is 95.3 Å². The first-order valence-electron chi connectivity index (χ1n) is 14.2. The summed E-state index contributed by atoms with van der Waals surface area (Å²) in [6.07, 6.45) is 7.80. The molecule has 5 nitrogen and oxygen atoms in total. The molecule has 0 aliphatic carbocycles. The van der Waals surface area contributed by atoms with Gasteiger partial charge in [-0.1, -0.05) is 80.0 Å². The second kappa shape index (κ2) is 13.1. The third-order valence-electron chi connectivity index (χ3n) is 7.32. The molecule has 38 heavy (non-hydrogen) atoms. The third-order valence-corrected chi connectivity index (χ3v) is 7.32. The van der Waals surface area contributed by atoms with E-state index in [0.717, 1.165) is 46.9 Å². The van der Waals surface area contributed by atoms with Crippen LogP contribution in [0, 0.1) is 0 Å². The highest BCUT2D eigenvalue weighted by molar-refractivity contribution is 5.68. The fourth-order valence-corrected chi connectivity index (χ4v) is 4.68. The lowest BCUT2D eigenvalue weighted by molar-refractivity contribution is 0.341. The van der Waals surface area contributed by atoms with E-state index >= 15 is 0 Å². The zero-order valence-electron chi connectivity index (χ0n) is 24.7. The van der Waals surface area contributed by atoms with E-state index in [0.29, 0.717) is 18.4 Å². The SMILES string of the molecule is C=C(COc1ccc(C(C)(C)C)cc1C(=C)C)NCCC(C)c1ccnc2cc(C(C)CCCCC)nn12. The van der Waals surface area contributed by atoms with E-state index in [1.54, 1.807) is 0 Å². The first kappa shape index (κ1) is 29.5. The van der Waals surface area contributed by atoms with Crippen LogP contribution in [-0.4, -0.2) is 27.7 Å². The molecule has 0 aliphatic rings. The first-order valence-corrected chi connectivity index (χ1v) is 14.2. The molecule has 1 N–H and O–H groups in total. The maximum absolute atomic E-state index is 6.14. The van der Waals surface area contributed by atoms with Gasteiger partial charge in [0.15, 0.2) is 5.65 Å². The van der Waals surface area contributed by atoms with Crippen molar-refractivity contribution in [3.05, 3.63) is 77.9 Å². The van der Waals surface area contributed by atoms with Crippen LogP contribution in [0.1, 0.15) is 115 Å². The number of fused-ring (bicyclic) bond motifs is 1. The monoisotopic (exact) mass is 516 g/mol. The Kier molecular flexibility index (Phi) is 10.2. The average molecular weight is 517 g/mol. The summed E-state index contributed by atoms with van der Waals surface area (Å²) in [7, 11) is 0. The van der Waals surface area contributed by atoms with E-state index in [-0.39, 0.29) is 5.41 Å². The van der Waals surface area contributed by atoms with Gasteiger partial charge in [0.25, 0.3) is 0 Å². The van der Waals surface area contributed by atoms with Crippen molar-refractivity contribution in [2.45, 2.75) is 97.8 Å². The minimum absolute atomic E-state index is 0.0790. The molecule has 0 aliphatic heterocycles. The molecule has 3 rings (SSSR count). The molecule has 5 heteroatoms. The molecule has 0 bridgehead atoms. The van der Waals surface area contributed by atoms with Gasteiger partial charge in [0.2, 0.25) is 0 Å². The van der Waals surface area contributed by atoms with Gasteiger partial charge in [-0.15, -0.1) is 0 Å². The Balaban J connectivity index is 1.55.